The summed E-state index contributed by atoms with van der Waals surface area (Å²) >= 11 is 1.38. The lowest BCUT2D eigenvalue weighted by atomic mass is 10.1. The van der Waals surface area contributed by atoms with Crippen LogP contribution in [0, 0.1) is 13.8 Å². The molecule has 0 N–H and O–H groups in total. The lowest BCUT2D eigenvalue weighted by molar-refractivity contribution is -0.118. The largest absolute Gasteiger partial charge is 0.332 e. The van der Waals surface area contributed by atoms with E-state index in [9.17, 15) is 14.4 Å². The molecule has 5 aromatic rings. The van der Waals surface area contributed by atoms with E-state index in [2.05, 4.69) is 9.97 Å². The molecule has 10 heteroatoms. The van der Waals surface area contributed by atoms with Gasteiger partial charge in [-0.3, -0.25) is 19.1 Å². The Morgan fingerprint density at radius 1 is 1.06 bits per heavy atom. The molecule has 34 heavy (non-hydrogen) atoms. The van der Waals surface area contributed by atoms with Crippen LogP contribution in [0.4, 0.5) is 10.8 Å². The highest BCUT2D eigenvalue weighted by Crippen LogP contribution is 2.34. The van der Waals surface area contributed by atoms with Crippen LogP contribution in [0.25, 0.3) is 21.4 Å². The summed E-state index contributed by atoms with van der Waals surface area (Å²) in [6, 6.07) is 13.4. The number of hydrogen-bond acceptors (Lipinski definition) is 6. The zero-order valence-corrected chi connectivity index (χ0v) is 20.0. The molecule has 5 rings (SSSR count). The van der Waals surface area contributed by atoms with Crippen LogP contribution in [-0.2, 0) is 25.4 Å². The van der Waals surface area contributed by atoms with E-state index >= 15 is 0 Å². The average molecular weight is 475 g/mol. The summed E-state index contributed by atoms with van der Waals surface area (Å²) in [7, 11) is 3.21. The van der Waals surface area contributed by atoms with Crippen LogP contribution in [0.1, 0.15) is 11.1 Å². The molecule has 0 radical (unpaired) electrons. The Balaban J connectivity index is 1.67. The van der Waals surface area contributed by atoms with Crippen molar-refractivity contribution in [1.29, 1.82) is 0 Å². The van der Waals surface area contributed by atoms with E-state index in [1.54, 1.807) is 11.6 Å². The van der Waals surface area contributed by atoms with Gasteiger partial charge < -0.3 is 4.57 Å². The van der Waals surface area contributed by atoms with Crippen LogP contribution in [0.2, 0.25) is 0 Å². The third-order valence-corrected chi connectivity index (χ3v) is 6.70. The number of rotatable bonds is 4. The lowest BCUT2D eigenvalue weighted by Gasteiger charge is -2.21. The standard InChI is InChI=1S/C24H22N6O3S/c1-14-9-15(2)11-16(10-14)30(23-26-17-7-5-6-8-18(17)34-23)19(31)12-29-22(32)20-21(25-13-27(20)3)28(4)24(29)33/h5-11,13H,12H2,1-4H3. The molecule has 9 nitrogen and oxygen atoms in total. The highest BCUT2D eigenvalue weighted by Gasteiger charge is 2.25. The van der Waals surface area contributed by atoms with Gasteiger partial charge in [0, 0.05) is 14.1 Å². The van der Waals surface area contributed by atoms with E-state index in [4.69, 9.17) is 0 Å². The molecule has 0 fully saturated rings. The first-order chi connectivity index (χ1) is 16.2. The second-order valence-electron chi connectivity index (χ2n) is 8.30. The zero-order valence-electron chi connectivity index (χ0n) is 19.1. The lowest BCUT2D eigenvalue weighted by Crippen LogP contribution is -2.43. The van der Waals surface area contributed by atoms with Gasteiger partial charge in [-0.2, -0.15) is 0 Å². The molecule has 3 heterocycles. The van der Waals surface area contributed by atoms with Crippen molar-refractivity contribution in [1.82, 2.24) is 23.7 Å². The molecule has 1 amide bonds. The van der Waals surface area contributed by atoms with E-state index in [1.807, 2.05) is 56.3 Å². The summed E-state index contributed by atoms with van der Waals surface area (Å²) in [6.07, 6.45) is 1.47. The molecule has 0 atom stereocenters. The van der Waals surface area contributed by atoms with E-state index in [1.165, 1.54) is 34.2 Å². The number of aromatic nitrogens is 5. The molecular formula is C24H22N6O3S. The normalized spacial score (nSPS) is 11.4. The highest BCUT2D eigenvalue weighted by molar-refractivity contribution is 7.22. The van der Waals surface area contributed by atoms with Crippen molar-refractivity contribution >= 4 is 49.4 Å². The number of carbonyl (C=O) groups excluding carboxylic acids is 1. The fraction of sp³-hybridized carbons (Fsp3) is 0.208. The molecule has 0 aliphatic rings. The molecule has 0 saturated heterocycles. The van der Waals surface area contributed by atoms with Gasteiger partial charge in [-0.25, -0.2) is 19.3 Å². The van der Waals surface area contributed by atoms with Gasteiger partial charge in [-0.05, 0) is 49.2 Å². The summed E-state index contributed by atoms with van der Waals surface area (Å²) in [5, 5.41) is 0.475. The molecule has 0 unspecified atom stereocenters. The first-order valence-electron chi connectivity index (χ1n) is 10.6. The van der Waals surface area contributed by atoms with Crippen LogP contribution < -0.4 is 16.1 Å². The maximum atomic E-state index is 13.8. The third kappa shape index (κ3) is 3.52. The molecule has 0 bridgehead atoms. The van der Waals surface area contributed by atoms with Crippen molar-refractivity contribution in [3.63, 3.8) is 0 Å². The second kappa shape index (κ2) is 8.07. The maximum absolute atomic E-state index is 13.8. The Hall–Kier alpha value is -4.05. The minimum atomic E-state index is -0.603. The minimum absolute atomic E-state index is 0.257. The zero-order chi connectivity index (χ0) is 24.1. The number of anilines is 2. The quantitative estimate of drug-likeness (QED) is 0.399. The van der Waals surface area contributed by atoms with Crippen LogP contribution in [0.15, 0.2) is 58.4 Å². The molecule has 0 saturated carbocycles. The number of hydrogen-bond donors (Lipinski definition) is 0. The van der Waals surface area contributed by atoms with E-state index in [0.29, 0.717) is 10.8 Å². The van der Waals surface area contributed by atoms with Crippen molar-refractivity contribution in [2.45, 2.75) is 20.4 Å². The van der Waals surface area contributed by atoms with Gasteiger partial charge in [-0.15, -0.1) is 0 Å². The smallest absolute Gasteiger partial charge is 0.328 e. The summed E-state index contributed by atoms with van der Waals surface area (Å²) in [5.74, 6) is -0.440. The first-order valence-corrected chi connectivity index (χ1v) is 11.4. The topological polar surface area (TPSA) is 95.0 Å². The monoisotopic (exact) mass is 474 g/mol. The number of carbonyl (C=O) groups is 1. The molecule has 0 aliphatic heterocycles. The molecule has 3 aromatic heterocycles. The molecule has 172 valence electrons. The van der Waals surface area contributed by atoms with Crippen molar-refractivity contribution in [2.75, 3.05) is 4.90 Å². The summed E-state index contributed by atoms with van der Waals surface area (Å²) < 4.78 is 4.72. The van der Waals surface area contributed by atoms with Crippen LogP contribution >= 0.6 is 11.3 Å². The molecular weight excluding hydrogens is 452 g/mol. The predicted molar refractivity (Wildman–Crippen MR) is 133 cm³/mol. The summed E-state index contributed by atoms with van der Waals surface area (Å²) in [6.45, 7) is 3.47. The Kier molecular flexibility index (Phi) is 5.17. The van der Waals surface area contributed by atoms with E-state index in [0.717, 1.165) is 25.9 Å². The summed E-state index contributed by atoms with van der Waals surface area (Å²) in [4.78, 5) is 50.2. The number of para-hydroxylation sites is 1. The number of nitrogens with zero attached hydrogens (tertiary/aromatic N) is 6. The molecule has 0 spiro atoms. The van der Waals surface area contributed by atoms with Gasteiger partial charge in [0.15, 0.2) is 16.3 Å². The number of thiazole rings is 1. The Labute approximate surface area is 198 Å². The van der Waals surface area contributed by atoms with Gasteiger partial charge >= 0.3 is 5.69 Å². The van der Waals surface area contributed by atoms with E-state index in [-0.39, 0.29) is 11.2 Å². The van der Waals surface area contributed by atoms with Crippen LogP contribution in [-0.4, -0.2) is 29.6 Å². The van der Waals surface area contributed by atoms with Gasteiger partial charge in [0.05, 0.1) is 22.2 Å². The Bertz CT molecular complexity index is 1650. The summed E-state index contributed by atoms with van der Waals surface area (Å²) in [5.41, 5.74) is 2.75. The number of fused-ring (bicyclic) bond motifs is 2. The first kappa shape index (κ1) is 21.8. The van der Waals surface area contributed by atoms with Crippen molar-refractivity contribution < 1.29 is 4.79 Å². The number of amides is 1. The maximum Gasteiger partial charge on any atom is 0.332 e. The average Bonchev–Trinajstić information content (AvgIpc) is 3.38. The molecule has 0 aliphatic carbocycles. The Morgan fingerprint density at radius 2 is 1.76 bits per heavy atom. The van der Waals surface area contributed by atoms with Gasteiger partial charge in [-0.1, -0.05) is 29.5 Å². The number of imidazole rings is 1. The van der Waals surface area contributed by atoms with Crippen LogP contribution in [0.5, 0.6) is 0 Å². The van der Waals surface area contributed by atoms with Crippen LogP contribution in [0.3, 0.4) is 0 Å². The van der Waals surface area contributed by atoms with E-state index < -0.39 is 23.7 Å². The predicted octanol–water partition coefficient (Wildman–Crippen LogP) is 3.03. The van der Waals surface area contributed by atoms with Crippen molar-refractivity contribution in [3.05, 3.63) is 80.8 Å². The Morgan fingerprint density at radius 3 is 2.47 bits per heavy atom. The SMILES string of the molecule is Cc1cc(C)cc(N(C(=O)Cn2c(=O)c3c(ncn3C)n(C)c2=O)c2nc3ccccc3s2)c1. The highest BCUT2D eigenvalue weighted by atomic mass is 32.1. The number of benzene rings is 2. The third-order valence-electron chi connectivity index (χ3n) is 5.68. The fourth-order valence-corrected chi connectivity index (χ4v) is 5.14. The van der Waals surface area contributed by atoms with Gasteiger partial charge in [0.25, 0.3) is 11.5 Å². The number of aryl methyl sites for hydroxylation is 4. The van der Waals surface area contributed by atoms with Gasteiger partial charge in [0.2, 0.25) is 0 Å². The molecule has 2 aromatic carbocycles. The van der Waals surface area contributed by atoms with Crippen molar-refractivity contribution in [3.8, 4) is 0 Å². The van der Waals surface area contributed by atoms with Gasteiger partial charge in [0.1, 0.15) is 6.54 Å². The fourth-order valence-electron chi connectivity index (χ4n) is 4.14. The van der Waals surface area contributed by atoms with Crippen molar-refractivity contribution in [2.24, 2.45) is 14.1 Å². The second-order valence-corrected chi connectivity index (χ2v) is 9.31. The minimum Gasteiger partial charge on any atom is -0.328 e.